The molecule has 140 valence electrons. The Labute approximate surface area is 162 Å². The molecule has 2 aromatic carbocycles. The number of hydrogen-bond donors (Lipinski definition) is 1. The summed E-state index contributed by atoms with van der Waals surface area (Å²) in [5, 5.41) is 3.25. The molecule has 1 aromatic heterocycles. The van der Waals surface area contributed by atoms with E-state index in [1.807, 2.05) is 43.3 Å². The van der Waals surface area contributed by atoms with Crippen molar-refractivity contribution in [3.05, 3.63) is 70.0 Å². The summed E-state index contributed by atoms with van der Waals surface area (Å²) in [5.74, 6) is 0.0501. The number of benzene rings is 2. The monoisotopic (exact) mass is 381 g/mol. The second kappa shape index (κ2) is 8.86. The van der Waals surface area contributed by atoms with Gasteiger partial charge in [-0.2, -0.15) is 0 Å². The minimum absolute atomic E-state index is 0.114. The lowest BCUT2D eigenvalue weighted by molar-refractivity contribution is -0.118. The van der Waals surface area contributed by atoms with E-state index in [0.29, 0.717) is 18.1 Å². The fourth-order valence-corrected chi connectivity index (χ4v) is 3.62. The third kappa shape index (κ3) is 4.57. The lowest BCUT2D eigenvalue weighted by Gasteiger charge is -2.10. The number of hydrogen-bond acceptors (Lipinski definition) is 4. The fraction of sp³-hybridized carbons (Fsp3) is 0.286. The highest BCUT2D eigenvalue weighted by molar-refractivity contribution is 7.99. The Hall–Kier alpha value is -2.60. The van der Waals surface area contributed by atoms with Crippen LogP contribution in [0.5, 0.6) is 0 Å². The van der Waals surface area contributed by atoms with E-state index >= 15 is 0 Å². The number of para-hydroxylation sites is 2. The molecule has 3 rings (SSSR count). The van der Waals surface area contributed by atoms with Gasteiger partial charge in [-0.05, 0) is 36.6 Å². The number of carbonyl (C=O) groups is 1. The molecule has 1 amide bonds. The van der Waals surface area contributed by atoms with Crippen molar-refractivity contribution in [3.63, 3.8) is 0 Å². The molecule has 27 heavy (non-hydrogen) atoms. The summed E-state index contributed by atoms with van der Waals surface area (Å²) >= 11 is 1.18. The molecule has 0 aliphatic heterocycles. The molecule has 0 saturated carbocycles. The highest BCUT2D eigenvalue weighted by Gasteiger charge is 2.12. The Morgan fingerprint density at radius 1 is 1.07 bits per heavy atom. The first kappa shape index (κ1) is 19.2. The molecule has 0 radical (unpaired) electrons. The molecule has 0 aliphatic rings. The molecule has 0 bridgehead atoms. The smallest absolute Gasteiger partial charge is 0.283 e. The molecule has 0 fully saturated rings. The SMILES string of the molecule is CCc1ccc(CNC(=O)CSc2nc3ccccc3n(CC)c2=O)cc1. The topological polar surface area (TPSA) is 64.0 Å². The van der Waals surface area contributed by atoms with E-state index in [2.05, 4.69) is 29.4 Å². The molecular weight excluding hydrogens is 358 g/mol. The molecule has 0 saturated heterocycles. The van der Waals surface area contributed by atoms with Gasteiger partial charge < -0.3 is 9.88 Å². The summed E-state index contributed by atoms with van der Waals surface area (Å²) < 4.78 is 1.69. The lowest BCUT2D eigenvalue weighted by atomic mass is 10.1. The zero-order valence-electron chi connectivity index (χ0n) is 15.6. The third-order valence-electron chi connectivity index (χ3n) is 4.40. The Morgan fingerprint density at radius 2 is 1.78 bits per heavy atom. The molecule has 3 aromatic rings. The van der Waals surface area contributed by atoms with E-state index in [0.717, 1.165) is 23.0 Å². The Morgan fingerprint density at radius 3 is 2.48 bits per heavy atom. The number of thioether (sulfide) groups is 1. The summed E-state index contributed by atoms with van der Waals surface area (Å²) in [5.41, 5.74) is 3.76. The van der Waals surface area contributed by atoms with Crippen molar-refractivity contribution in [3.8, 4) is 0 Å². The van der Waals surface area contributed by atoms with Crippen molar-refractivity contribution in [1.29, 1.82) is 0 Å². The van der Waals surface area contributed by atoms with E-state index in [-0.39, 0.29) is 17.2 Å². The predicted octanol–water partition coefficient (Wildman–Crippen LogP) is 3.39. The predicted molar refractivity (Wildman–Crippen MR) is 110 cm³/mol. The molecule has 1 N–H and O–H groups in total. The van der Waals surface area contributed by atoms with Crippen LogP contribution in [0.15, 0.2) is 58.4 Å². The first-order chi connectivity index (χ1) is 13.1. The Balaban J connectivity index is 1.64. The average molecular weight is 382 g/mol. The standard InChI is InChI=1S/C21H23N3O2S/c1-3-15-9-11-16(12-10-15)13-22-19(25)14-27-20-21(26)24(4-2)18-8-6-5-7-17(18)23-20/h5-12H,3-4,13-14H2,1-2H3,(H,22,25). The molecule has 0 atom stereocenters. The van der Waals surface area contributed by atoms with Crippen LogP contribution >= 0.6 is 11.8 Å². The van der Waals surface area contributed by atoms with Crippen LogP contribution in [0.1, 0.15) is 25.0 Å². The maximum atomic E-state index is 12.6. The Bertz CT molecular complexity index is 996. The summed E-state index contributed by atoms with van der Waals surface area (Å²) in [6.45, 7) is 5.09. The van der Waals surface area contributed by atoms with Crippen LogP contribution in [0, 0.1) is 0 Å². The molecular formula is C21H23N3O2S. The highest BCUT2D eigenvalue weighted by Crippen LogP contribution is 2.16. The van der Waals surface area contributed by atoms with Crippen LogP contribution in [0.3, 0.4) is 0 Å². The molecule has 0 aliphatic carbocycles. The van der Waals surface area contributed by atoms with Gasteiger partial charge in [0.2, 0.25) is 5.91 Å². The van der Waals surface area contributed by atoms with Gasteiger partial charge in [-0.1, -0.05) is 55.1 Å². The van der Waals surface area contributed by atoms with Crippen molar-refractivity contribution >= 4 is 28.7 Å². The Kier molecular flexibility index (Phi) is 6.29. The largest absolute Gasteiger partial charge is 0.351 e. The highest BCUT2D eigenvalue weighted by atomic mass is 32.2. The number of amides is 1. The van der Waals surface area contributed by atoms with Gasteiger partial charge in [0, 0.05) is 13.1 Å². The zero-order chi connectivity index (χ0) is 19.2. The van der Waals surface area contributed by atoms with Crippen molar-refractivity contribution in [2.75, 3.05) is 5.75 Å². The van der Waals surface area contributed by atoms with E-state index in [4.69, 9.17) is 0 Å². The van der Waals surface area contributed by atoms with Crippen LogP contribution in [-0.4, -0.2) is 21.2 Å². The van der Waals surface area contributed by atoms with Crippen LogP contribution < -0.4 is 10.9 Å². The van der Waals surface area contributed by atoms with Gasteiger partial charge in [0.25, 0.3) is 5.56 Å². The maximum Gasteiger partial charge on any atom is 0.283 e. The number of aromatic nitrogens is 2. The third-order valence-corrected chi connectivity index (χ3v) is 5.35. The fourth-order valence-electron chi connectivity index (χ4n) is 2.86. The summed E-state index contributed by atoms with van der Waals surface area (Å²) in [6.07, 6.45) is 0.997. The number of nitrogens with one attached hydrogen (secondary N) is 1. The van der Waals surface area contributed by atoms with Crippen LogP contribution in [0.25, 0.3) is 11.0 Å². The van der Waals surface area contributed by atoms with Crippen molar-refractivity contribution in [2.45, 2.75) is 38.4 Å². The van der Waals surface area contributed by atoms with Crippen LogP contribution in [0.4, 0.5) is 0 Å². The first-order valence-corrected chi connectivity index (χ1v) is 10.1. The number of carbonyl (C=O) groups excluding carboxylic acids is 1. The van der Waals surface area contributed by atoms with E-state index < -0.39 is 0 Å². The minimum atomic E-state index is -0.149. The number of fused-ring (bicyclic) bond motifs is 1. The van der Waals surface area contributed by atoms with Crippen LogP contribution in [0.2, 0.25) is 0 Å². The number of aryl methyl sites for hydroxylation is 2. The first-order valence-electron chi connectivity index (χ1n) is 9.09. The van der Waals surface area contributed by atoms with Crippen LogP contribution in [-0.2, 0) is 24.3 Å². The van der Waals surface area contributed by atoms with Gasteiger partial charge in [0.15, 0.2) is 5.03 Å². The van der Waals surface area contributed by atoms with E-state index in [1.165, 1.54) is 17.3 Å². The molecule has 0 unspecified atom stereocenters. The quantitative estimate of drug-likeness (QED) is 0.637. The normalized spacial score (nSPS) is 10.9. The average Bonchev–Trinajstić information content (AvgIpc) is 2.71. The van der Waals surface area contributed by atoms with Crippen molar-refractivity contribution in [1.82, 2.24) is 14.9 Å². The number of nitrogens with zero attached hydrogens (tertiary/aromatic N) is 2. The van der Waals surface area contributed by atoms with Gasteiger partial charge >= 0.3 is 0 Å². The maximum absolute atomic E-state index is 12.6. The minimum Gasteiger partial charge on any atom is -0.351 e. The van der Waals surface area contributed by atoms with Gasteiger partial charge in [-0.3, -0.25) is 9.59 Å². The number of rotatable bonds is 7. The van der Waals surface area contributed by atoms with Gasteiger partial charge in [0.1, 0.15) is 0 Å². The molecule has 0 spiro atoms. The van der Waals surface area contributed by atoms with Gasteiger partial charge in [-0.15, -0.1) is 0 Å². The van der Waals surface area contributed by atoms with Gasteiger partial charge in [-0.25, -0.2) is 4.98 Å². The van der Waals surface area contributed by atoms with E-state index in [1.54, 1.807) is 4.57 Å². The molecule has 5 nitrogen and oxygen atoms in total. The van der Waals surface area contributed by atoms with Crippen molar-refractivity contribution in [2.24, 2.45) is 0 Å². The zero-order valence-corrected chi connectivity index (χ0v) is 16.4. The van der Waals surface area contributed by atoms with Gasteiger partial charge in [0.05, 0.1) is 16.8 Å². The second-order valence-corrected chi connectivity index (χ2v) is 7.15. The summed E-state index contributed by atoms with van der Waals surface area (Å²) in [7, 11) is 0. The lowest BCUT2D eigenvalue weighted by Crippen LogP contribution is -2.26. The summed E-state index contributed by atoms with van der Waals surface area (Å²) in [4.78, 5) is 29.2. The summed E-state index contributed by atoms with van der Waals surface area (Å²) in [6, 6.07) is 15.7. The van der Waals surface area contributed by atoms with Crippen molar-refractivity contribution < 1.29 is 4.79 Å². The second-order valence-electron chi connectivity index (χ2n) is 6.19. The van der Waals surface area contributed by atoms with E-state index in [9.17, 15) is 9.59 Å². The molecule has 1 heterocycles. The molecule has 6 heteroatoms.